The molecule has 0 spiro atoms. The van der Waals surface area contributed by atoms with E-state index in [1.807, 2.05) is 33.3 Å². The summed E-state index contributed by atoms with van der Waals surface area (Å²) in [6, 6.07) is 0. The fourth-order valence-corrected chi connectivity index (χ4v) is 8.06. The Labute approximate surface area is 350 Å². The van der Waals surface area contributed by atoms with Crippen LogP contribution in [0.15, 0.2) is 24.3 Å². The number of allylic oxidation sites excluding steroid dienone is 2. The van der Waals surface area contributed by atoms with Crippen LogP contribution < -0.4 is 4.89 Å². The second kappa shape index (κ2) is 31.2. The number of hydrogen-bond acceptors (Lipinski definition) is 12. The number of nitrogens with zero attached hydrogens (tertiary/aromatic N) is 1. The SMILES string of the molecule is CCCCCCCCCCCCCCCC(=O)OCC(COP(=O)([O-])OCC[N+](C)(C)C)OC(=O)CCC/C=C\CC1C2CC(OO2)C1/C=C/C(CCCCC)OO. The topological polar surface area (TPSA) is 159 Å². The lowest BCUT2D eigenvalue weighted by Gasteiger charge is -2.28. The standard InChI is InChI=1S/C44H80NO12P/c1-6-8-10-11-12-13-14-15-16-17-18-19-24-28-43(46)51-35-38(36-53-58(49,50)52-33-32-45(3,4)5)54-44(47)29-25-21-20-23-27-39-40(42-34-41(39)56-57-42)31-30-37(55-48)26-22-9-7-2/h20,23,30-31,37-42H,6-19,21-22,24-29,32-36H2,1-5H3,(H-,48,49,50)/b23-20-,31-30+. The van der Waals surface area contributed by atoms with Gasteiger partial charge in [0.1, 0.15) is 32.0 Å². The number of carbonyl (C=O) groups is 2. The fourth-order valence-electron chi connectivity index (χ4n) is 7.33. The van der Waals surface area contributed by atoms with Crippen LogP contribution in [0.25, 0.3) is 0 Å². The van der Waals surface area contributed by atoms with Gasteiger partial charge in [0.05, 0.1) is 33.9 Å². The molecule has 338 valence electrons. The molecule has 0 aromatic rings. The summed E-state index contributed by atoms with van der Waals surface area (Å²) in [5, 5.41) is 9.35. The lowest BCUT2D eigenvalue weighted by atomic mass is 9.89. The van der Waals surface area contributed by atoms with Gasteiger partial charge >= 0.3 is 11.9 Å². The van der Waals surface area contributed by atoms with E-state index >= 15 is 0 Å². The first kappa shape index (κ1) is 52.5. The monoisotopic (exact) mass is 846 g/mol. The first-order valence-electron chi connectivity index (χ1n) is 22.6. The van der Waals surface area contributed by atoms with Crippen LogP contribution in [0.4, 0.5) is 0 Å². The fraction of sp³-hybridized carbons (Fsp3) is 0.864. The first-order chi connectivity index (χ1) is 27.9. The van der Waals surface area contributed by atoms with E-state index < -0.39 is 32.5 Å². The predicted octanol–water partition coefficient (Wildman–Crippen LogP) is 9.58. The van der Waals surface area contributed by atoms with Crippen molar-refractivity contribution in [1.29, 1.82) is 0 Å². The van der Waals surface area contributed by atoms with Gasteiger partial charge in [-0.25, -0.2) is 14.7 Å². The molecule has 7 atom stereocenters. The number of unbranched alkanes of at least 4 members (excludes halogenated alkanes) is 15. The van der Waals surface area contributed by atoms with Crippen molar-refractivity contribution in [2.75, 3.05) is 47.5 Å². The molecule has 2 aliphatic rings. The molecule has 2 bridgehead atoms. The van der Waals surface area contributed by atoms with E-state index in [4.69, 9.17) is 28.3 Å². The third-order valence-corrected chi connectivity index (χ3v) is 11.9. The van der Waals surface area contributed by atoms with Crippen molar-refractivity contribution in [3.8, 4) is 0 Å². The molecule has 1 saturated heterocycles. The highest BCUT2D eigenvalue weighted by molar-refractivity contribution is 7.45. The molecular weight excluding hydrogens is 765 g/mol. The molecule has 2 fully saturated rings. The molecule has 0 aromatic heterocycles. The number of hydrogen-bond donors (Lipinski definition) is 1. The van der Waals surface area contributed by atoms with Gasteiger partial charge in [-0.05, 0) is 32.1 Å². The van der Waals surface area contributed by atoms with E-state index in [0.29, 0.717) is 30.3 Å². The maximum absolute atomic E-state index is 12.8. The maximum atomic E-state index is 12.8. The summed E-state index contributed by atoms with van der Waals surface area (Å²) in [4.78, 5) is 53.5. The summed E-state index contributed by atoms with van der Waals surface area (Å²) in [6.45, 7) is 3.94. The number of carbonyl (C=O) groups excluding carboxylic acids is 2. The summed E-state index contributed by atoms with van der Waals surface area (Å²) in [5.41, 5.74) is 0. The highest BCUT2D eigenvalue weighted by Gasteiger charge is 2.49. The molecule has 0 radical (unpaired) electrons. The summed E-state index contributed by atoms with van der Waals surface area (Å²) in [5.74, 6) is -0.577. The summed E-state index contributed by atoms with van der Waals surface area (Å²) >= 11 is 0. The number of esters is 2. The van der Waals surface area contributed by atoms with Crippen molar-refractivity contribution in [3.05, 3.63) is 24.3 Å². The van der Waals surface area contributed by atoms with Gasteiger partial charge in [-0.2, -0.15) is 0 Å². The molecule has 1 heterocycles. The molecule has 1 aliphatic carbocycles. The van der Waals surface area contributed by atoms with Gasteiger partial charge in [0.25, 0.3) is 7.82 Å². The Morgan fingerprint density at radius 3 is 2.03 bits per heavy atom. The molecule has 7 unspecified atom stereocenters. The number of fused-ring (bicyclic) bond motifs is 2. The highest BCUT2D eigenvalue weighted by Crippen LogP contribution is 2.45. The number of quaternary nitrogens is 1. The van der Waals surface area contributed by atoms with Crippen LogP contribution in [0, 0.1) is 11.8 Å². The van der Waals surface area contributed by atoms with E-state index in [1.165, 1.54) is 57.8 Å². The van der Waals surface area contributed by atoms with E-state index in [-0.39, 0.29) is 56.2 Å². The average molecular weight is 846 g/mol. The van der Waals surface area contributed by atoms with Crippen molar-refractivity contribution in [2.24, 2.45) is 11.8 Å². The molecule has 14 heteroatoms. The third-order valence-electron chi connectivity index (χ3n) is 10.9. The van der Waals surface area contributed by atoms with Crippen molar-refractivity contribution in [3.63, 3.8) is 0 Å². The van der Waals surface area contributed by atoms with Crippen molar-refractivity contribution in [2.45, 2.75) is 186 Å². The highest BCUT2D eigenvalue weighted by atomic mass is 31.2. The number of likely N-dealkylation sites (N-methyl/N-ethyl adjacent to an activating group) is 1. The zero-order valence-corrected chi connectivity index (χ0v) is 37.6. The van der Waals surface area contributed by atoms with Crippen LogP contribution in [-0.2, 0) is 47.3 Å². The molecule has 1 aliphatic heterocycles. The minimum absolute atomic E-state index is 0.00275. The van der Waals surface area contributed by atoms with Gasteiger partial charge in [-0.3, -0.25) is 19.4 Å². The first-order valence-corrected chi connectivity index (χ1v) is 24.0. The van der Waals surface area contributed by atoms with E-state index in [9.17, 15) is 24.3 Å². The van der Waals surface area contributed by atoms with Crippen LogP contribution in [0.1, 0.15) is 162 Å². The molecule has 0 aromatic carbocycles. The Morgan fingerprint density at radius 2 is 1.40 bits per heavy atom. The van der Waals surface area contributed by atoms with Crippen molar-refractivity contribution >= 4 is 19.8 Å². The lowest BCUT2D eigenvalue weighted by molar-refractivity contribution is -0.870. The number of ether oxygens (including phenoxy) is 2. The van der Waals surface area contributed by atoms with Gasteiger partial charge in [-0.15, -0.1) is 0 Å². The van der Waals surface area contributed by atoms with E-state index in [2.05, 4.69) is 30.9 Å². The molecule has 1 N–H and O–H groups in total. The molecular formula is C44H80NO12P. The van der Waals surface area contributed by atoms with E-state index in [0.717, 1.165) is 57.8 Å². The molecule has 1 saturated carbocycles. The zero-order valence-electron chi connectivity index (χ0n) is 36.7. The van der Waals surface area contributed by atoms with Crippen molar-refractivity contribution < 1.29 is 62.0 Å². The smallest absolute Gasteiger partial charge is 0.306 e. The summed E-state index contributed by atoms with van der Waals surface area (Å²) in [6.07, 6.45) is 29.4. The third kappa shape index (κ3) is 25.2. The molecule has 58 heavy (non-hydrogen) atoms. The normalized spacial score (nSPS) is 21.5. The van der Waals surface area contributed by atoms with Crippen LogP contribution in [0.2, 0.25) is 0 Å². The molecule has 0 amide bonds. The minimum atomic E-state index is -4.68. The lowest BCUT2D eigenvalue weighted by Crippen LogP contribution is -2.37. The Morgan fingerprint density at radius 1 is 0.793 bits per heavy atom. The predicted molar refractivity (Wildman–Crippen MR) is 223 cm³/mol. The largest absolute Gasteiger partial charge is 0.756 e. The number of rotatable bonds is 37. The van der Waals surface area contributed by atoms with Gasteiger partial charge in [0.2, 0.25) is 0 Å². The maximum Gasteiger partial charge on any atom is 0.306 e. The van der Waals surface area contributed by atoms with Gasteiger partial charge in [0.15, 0.2) is 6.10 Å². The van der Waals surface area contributed by atoms with Gasteiger partial charge in [0, 0.05) is 31.1 Å². The zero-order chi connectivity index (χ0) is 42.5. The van der Waals surface area contributed by atoms with Gasteiger partial charge < -0.3 is 27.9 Å². The average Bonchev–Trinajstić information content (AvgIpc) is 3.79. The van der Waals surface area contributed by atoms with Crippen LogP contribution in [0.5, 0.6) is 0 Å². The number of phosphoric acid groups is 1. The Balaban J connectivity index is 1.75. The van der Waals surface area contributed by atoms with Crippen LogP contribution in [-0.4, -0.2) is 93.6 Å². The Kier molecular flexibility index (Phi) is 28.2. The number of phosphoric ester groups is 1. The van der Waals surface area contributed by atoms with Gasteiger partial charge in [-0.1, -0.05) is 134 Å². The second-order valence-corrected chi connectivity index (χ2v) is 18.7. The molecule has 2 rings (SSSR count). The Bertz CT molecular complexity index is 1190. The Hall–Kier alpha value is -1.67. The minimum Gasteiger partial charge on any atom is -0.756 e. The quantitative estimate of drug-likeness (QED) is 0.0120. The van der Waals surface area contributed by atoms with Crippen molar-refractivity contribution in [1.82, 2.24) is 0 Å². The van der Waals surface area contributed by atoms with Crippen LogP contribution in [0.3, 0.4) is 0 Å². The summed E-state index contributed by atoms with van der Waals surface area (Å²) in [7, 11) is 1.06. The second-order valence-electron chi connectivity index (χ2n) is 17.2. The summed E-state index contributed by atoms with van der Waals surface area (Å²) < 4.78 is 34.0. The molecule has 13 nitrogen and oxygen atoms in total. The van der Waals surface area contributed by atoms with E-state index in [1.54, 1.807) is 0 Å². The van der Waals surface area contributed by atoms with Crippen LogP contribution >= 0.6 is 7.82 Å².